The minimum atomic E-state index is -0.222. The van der Waals surface area contributed by atoms with Crippen molar-refractivity contribution in [1.82, 2.24) is 0 Å². The standard InChI is InChI=1S/C18H16N2O3/c19-10-11-4-5-15-14(8-11)17-18(23-7-6-22-17)16(20-15)12-2-1-3-13(21)9-12/h1-5,8-9,16-18,20-21H,6-7H2/t16-,17+,18-/m0/s1. The predicted octanol–water partition coefficient (Wildman–Crippen LogP) is 2.89. The third-order valence-corrected chi connectivity index (χ3v) is 4.35. The molecule has 2 heterocycles. The number of hydrogen-bond donors (Lipinski definition) is 2. The van der Waals surface area contributed by atoms with Crippen molar-refractivity contribution in [2.24, 2.45) is 0 Å². The van der Waals surface area contributed by atoms with Gasteiger partial charge in [0.05, 0.1) is 30.9 Å². The Morgan fingerprint density at radius 1 is 1.13 bits per heavy atom. The summed E-state index contributed by atoms with van der Waals surface area (Å²) in [5, 5.41) is 22.4. The molecule has 0 amide bonds. The number of ether oxygens (including phenoxy) is 2. The average molecular weight is 308 g/mol. The first kappa shape index (κ1) is 14.1. The molecular weight excluding hydrogens is 292 g/mol. The molecule has 2 aliphatic heterocycles. The van der Waals surface area contributed by atoms with Gasteiger partial charge in [0.2, 0.25) is 0 Å². The molecule has 0 saturated carbocycles. The van der Waals surface area contributed by atoms with Gasteiger partial charge in [0.1, 0.15) is 18.0 Å². The van der Waals surface area contributed by atoms with Crippen LogP contribution in [0.2, 0.25) is 0 Å². The Hall–Kier alpha value is -2.55. The molecule has 5 nitrogen and oxygen atoms in total. The van der Waals surface area contributed by atoms with Crippen molar-refractivity contribution < 1.29 is 14.6 Å². The van der Waals surface area contributed by atoms with E-state index >= 15 is 0 Å². The van der Waals surface area contributed by atoms with Gasteiger partial charge in [-0.25, -0.2) is 0 Å². The van der Waals surface area contributed by atoms with Crippen LogP contribution >= 0.6 is 0 Å². The third-order valence-electron chi connectivity index (χ3n) is 4.35. The van der Waals surface area contributed by atoms with E-state index in [9.17, 15) is 5.11 Å². The van der Waals surface area contributed by atoms with Gasteiger partial charge in [0.15, 0.2) is 0 Å². The highest BCUT2D eigenvalue weighted by molar-refractivity contribution is 5.60. The molecule has 0 bridgehead atoms. The van der Waals surface area contributed by atoms with Gasteiger partial charge in [0.25, 0.3) is 0 Å². The normalized spacial score (nSPS) is 25.6. The number of benzene rings is 2. The molecule has 23 heavy (non-hydrogen) atoms. The van der Waals surface area contributed by atoms with Crippen LogP contribution in [0.1, 0.15) is 28.8 Å². The van der Waals surface area contributed by atoms with Crippen LogP contribution in [0, 0.1) is 11.3 Å². The smallest absolute Gasteiger partial charge is 0.115 e. The lowest BCUT2D eigenvalue weighted by Gasteiger charge is -2.43. The topological polar surface area (TPSA) is 74.5 Å². The Morgan fingerprint density at radius 2 is 2.00 bits per heavy atom. The van der Waals surface area contributed by atoms with Gasteiger partial charge in [-0.05, 0) is 35.9 Å². The summed E-state index contributed by atoms with van der Waals surface area (Å²) in [6, 6.07) is 14.8. The highest BCUT2D eigenvalue weighted by Gasteiger charge is 2.41. The second-order valence-corrected chi connectivity index (χ2v) is 5.76. The number of rotatable bonds is 1. The molecule has 0 unspecified atom stereocenters. The minimum Gasteiger partial charge on any atom is -0.508 e. The molecule has 3 atom stereocenters. The maximum absolute atomic E-state index is 9.77. The van der Waals surface area contributed by atoms with E-state index in [1.165, 1.54) is 0 Å². The van der Waals surface area contributed by atoms with Crippen LogP contribution in [0.5, 0.6) is 5.75 Å². The summed E-state index contributed by atoms with van der Waals surface area (Å²) in [6.45, 7) is 1.07. The molecule has 1 saturated heterocycles. The maximum atomic E-state index is 9.77. The van der Waals surface area contributed by atoms with Crippen LogP contribution in [0.4, 0.5) is 5.69 Å². The lowest BCUT2D eigenvalue weighted by Crippen LogP contribution is -2.43. The quantitative estimate of drug-likeness (QED) is 0.847. The van der Waals surface area contributed by atoms with Crippen LogP contribution in [0.3, 0.4) is 0 Å². The molecule has 1 fully saturated rings. The molecule has 2 aliphatic rings. The number of aromatic hydroxyl groups is 1. The summed E-state index contributed by atoms with van der Waals surface area (Å²) in [4.78, 5) is 0. The summed E-state index contributed by atoms with van der Waals surface area (Å²) < 4.78 is 11.9. The fourth-order valence-corrected chi connectivity index (χ4v) is 3.32. The Morgan fingerprint density at radius 3 is 2.83 bits per heavy atom. The number of phenolic OH excluding ortho intramolecular Hbond substituents is 1. The minimum absolute atomic E-state index is 0.118. The average Bonchev–Trinajstić information content (AvgIpc) is 2.60. The second kappa shape index (κ2) is 5.58. The zero-order valence-corrected chi connectivity index (χ0v) is 12.4. The molecule has 0 aromatic heterocycles. The summed E-state index contributed by atoms with van der Waals surface area (Å²) in [5.41, 5.74) is 3.43. The molecule has 5 heteroatoms. The van der Waals surface area contributed by atoms with Crippen molar-refractivity contribution >= 4 is 5.69 Å². The van der Waals surface area contributed by atoms with Crippen LogP contribution in [-0.2, 0) is 9.47 Å². The largest absolute Gasteiger partial charge is 0.508 e. The van der Waals surface area contributed by atoms with Crippen molar-refractivity contribution in [3.63, 3.8) is 0 Å². The van der Waals surface area contributed by atoms with Gasteiger partial charge in [-0.15, -0.1) is 0 Å². The number of nitriles is 1. The van der Waals surface area contributed by atoms with E-state index in [1.807, 2.05) is 24.3 Å². The monoisotopic (exact) mass is 308 g/mol. The van der Waals surface area contributed by atoms with Crippen molar-refractivity contribution in [2.45, 2.75) is 18.2 Å². The van der Waals surface area contributed by atoms with E-state index in [-0.39, 0.29) is 24.0 Å². The molecule has 0 spiro atoms. The van der Waals surface area contributed by atoms with Gasteiger partial charge in [-0.1, -0.05) is 12.1 Å². The Balaban J connectivity index is 1.79. The van der Waals surface area contributed by atoms with E-state index in [2.05, 4.69) is 11.4 Å². The Labute approximate surface area is 134 Å². The van der Waals surface area contributed by atoms with Gasteiger partial charge in [-0.3, -0.25) is 0 Å². The van der Waals surface area contributed by atoms with Crippen molar-refractivity contribution in [3.8, 4) is 11.8 Å². The zero-order valence-electron chi connectivity index (χ0n) is 12.4. The molecule has 116 valence electrons. The summed E-state index contributed by atoms with van der Waals surface area (Å²) in [7, 11) is 0. The highest BCUT2D eigenvalue weighted by Crippen LogP contribution is 2.44. The number of anilines is 1. The first-order valence-electron chi connectivity index (χ1n) is 7.59. The van der Waals surface area contributed by atoms with E-state index in [4.69, 9.17) is 14.7 Å². The Kier molecular flexibility index (Phi) is 3.41. The fraction of sp³-hybridized carbons (Fsp3) is 0.278. The third kappa shape index (κ3) is 2.42. The lowest BCUT2D eigenvalue weighted by molar-refractivity contribution is -0.151. The summed E-state index contributed by atoms with van der Waals surface area (Å²) in [6.07, 6.45) is -0.423. The van der Waals surface area contributed by atoms with Gasteiger partial charge >= 0.3 is 0 Å². The number of fused-ring (bicyclic) bond motifs is 3. The van der Waals surface area contributed by atoms with Crippen LogP contribution in [0.15, 0.2) is 42.5 Å². The molecule has 2 aromatic carbocycles. The summed E-state index contributed by atoms with van der Waals surface area (Å²) >= 11 is 0. The van der Waals surface area contributed by atoms with Crippen molar-refractivity contribution in [1.29, 1.82) is 5.26 Å². The summed E-state index contributed by atoms with van der Waals surface area (Å²) in [5.74, 6) is 0.225. The number of nitrogens with zero attached hydrogens (tertiary/aromatic N) is 1. The maximum Gasteiger partial charge on any atom is 0.115 e. The van der Waals surface area contributed by atoms with Crippen LogP contribution in [-0.4, -0.2) is 24.4 Å². The Bertz CT molecular complexity index is 784. The van der Waals surface area contributed by atoms with Crippen LogP contribution in [0.25, 0.3) is 0 Å². The lowest BCUT2D eigenvalue weighted by atomic mass is 9.87. The predicted molar refractivity (Wildman–Crippen MR) is 84.1 cm³/mol. The molecule has 0 radical (unpaired) electrons. The number of phenols is 1. The first-order chi connectivity index (χ1) is 11.3. The van der Waals surface area contributed by atoms with E-state index in [0.29, 0.717) is 18.8 Å². The van der Waals surface area contributed by atoms with Gasteiger partial charge in [-0.2, -0.15) is 5.26 Å². The highest BCUT2D eigenvalue weighted by atomic mass is 16.6. The number of nitrogens with one attached hydrogen (secondary N) is 1. The number of hydrogen-bond acceptors (Lipinski definition) is 5. The van der Waals surface area contributed by atoms with Gasteiger partial charge < -0.3 is 19.9 Å². The van der Waals surface area contributed by atoms with E-state index in [0.717, 1.165) is 16.8 Å². The molecular formula is C18H16N2O3. The fourth-order valence-electron chi connectivity index (χ4n) is 3.32. The van der Waals surface area contributed by atoms with Crippen molar-refractivity contribution in [3.05, 3.63) is 59.2 Å². The molecule has 4 rings (SSSR count). The second-order valence-electron chi connectivity index (χ2n) is 5.76. The molecule has 2 N–H and O–H groups in total. The van der Waals surface area contributed by atoms with Crippen molar-refractivity contribution in [2.75, 3.05) is 18.5 Å². The SMILES string of the molecule is N#Cc1ccc2c(c1)[C@H]1OCCO[C@H]1[C@H](c1cccc(O)c1)N2. The zero-order chi connectivity index (χ0) is 15.8. The van der Waals surface area contributed by atoms with Crippen LogP contribution < -0.4 is 5.32 Å². The van der Waals surface area contributed by atoms with Gasteiger partial charge in [0, 0.05) is 11.3 Å². The van der Waals surface area contributed by atoms with E-state index < -0.39 is 0 Å². The first-order valence-corrected chi connectivity index (χ1v) is 7.59. The molecule has 2 aromatic rings. The molecule has 0 aliphatic carbocycles. The van der Waals surface area contributed by atoms with E-state index in [1.54, 1.807) is 18.2 Å².